The van der Waals surface area contributed by atoms with Crippen molar-refractivity contribution >= 4 is 46.8 Å². The van der Waals surface area contributed by atoms with Gasteiger partial charge in [0.25, 0.3) is 5.91 Å². The van der Waals surface area contributed by atoms with E-state index in [9.17, 15) is 19.2 Å². The van der Waals surface area contributed by atoms with Gasteiger partial charge in [-0.3, -0.25) is 14.4 Å². The molecule has 1 amide bonds. The summed E-state index contributed by atoms with van der Waals surface area (Å²) in [6.45, 7) is -0.0801. The van der Waals surface area contributed by atoms with E-state index in [4.69, 9.17) is 33.0 Å². The standard InChI is InChI=1S/C22H22Cl2N2O6/c1-26(2)11-13-6-8-14(9-7-13)21(30)25-17(10-19(28)29)18(27)12-32-22(31)20-15(23)4-3-5-16(20)24/h3-9,17H,10-12H2,1-2H3,(H,25,30)(H,28,29). The topological polar surface area (TPSA) is 113 Å². The molecule has 0 bridgehead atoms. The van der Waals surface area contributed by atoms with Crippen molar-refractivity contribution in [3.05, 3.63) is 69.2 Å². The van der Waals surface area contributed by atoms with Gasteiger partial charge >= 0.3 is 11.9 Å². The van der Waals surface area contributed by atoms with Crippen LogP contribution in [0.2, 0.25) is 10.0 Å². The Morgan fingerprint density at radius 3 is 2.16 bits per heavy atom. The minimum absolute atomic E-state index is 0.0445. The van der Waals surface area contributed by atoms with Crippen LogP contribution in [0.5, 0.6) is 0 Å². The van der Waals surface area contributed by atoms with Crippen LogP contribution >= 0.6 is 23.2 Å². The molecule has 0 aromatic heterocycles. The normalized spacial score (nSPS) is 11.7. The van der Waals surface area contributed by atoms with E-state index in [1.54, 1.807) is 24.3 Å². The van der Waals surface area contributed by atoms with Gasteiger partial charge in [0.1, 0.15) is 6.04 Å². The number of benzene rings is 2. The summed E-state index contributed by atoms with van der Waals surface area (Å²) in [5.74, 6) is -3.65. The summed E-state index contributed by atoms with van der Waals surface area (Å²) in [5, 5.41) is 11.6. The number of esters is 1. The number of ketones is 1. The number of Topliss-reactive ketones (excluding diaryl/α,β-unsaturated/α-hetero) is 1. The molecule has 0 aliphatic heterocycles. The van der Waals surface area contributed by atoms with Gasteiger partial charge in [0.05, 0.1) is 22.0 Å². The Morgan fingerprint density at radius 1 is 1.03 bits per heavy atom. The first kappa shape index (κ1) is 25.3. The Kier molecular flexibility index (Phi) is 9.19. The predicted octanol–water partition coefficient (Wildman–Crippen LogP) is 3.05. The first-order chi connectivity index (χ1) is 15.1. The molecule has 170 valence electrons. The summed E-state index contributed by atoms with van der Waals surface area (Å²) in [6.07, 6.45) is -0.673. The Bertz CT molecular complexity index is 988. The molecule has 0 saturated carbocycles. The van der Waals surface area contributed by atoms with Crippen LogP contribution in [-0.2, 0) is 20.9 Å². The summed E-state index contributed by atoms with van der Waals surface area (Å²) >= 11 is 11.9. The number of carbonyl (C=O) groups excluding carboxylic acids is 3. The van der Waals surface area contributed by atoms with E-state index in [-0.39, 0.29) is 21.2 Å². The Hall–Kier alpha value is -2.94. The largest absolute Gasteiger partial charge is 0.481 e. The number of nitrogens with one attached hydrogen (secondary N) is 1. The van der Waals surface area contributed by atoms with Crippen LogP contribution in [0.15, 0.2) is 42.5 Å². The Balaban J connectivity index is 2.05. The SMILES string of the molecule is CN(C)Cc1ccc(C(=O)NC(CC(=O)O)C(=O)COC(=O)c2c(Cl)cccc2Cl)cc1. The molecule has 2 aromatic carbocycles. The molecule has 32 heavy (non-hydrogen) atoms. The fraction of sp³-hybridized carbons (Fsp3) is 0.273. The second-order valence-corrected chi connectivity index (χ2v) is 8.01. The Labute approximate surface area is 195 Å². The molecule has 0 aliphatic rings. The monoisotopic (exact) mass is 480 g/mol. The molecule has 10 heteroatoms. The number of carboxylic acids is 1. The van der Waals surface area contributed by atoms with Crippen LogP contribution in [-0.4, -0.2) is 60.4 Å². The molecule has 0 radical (unpaired) electrons. The van der Waals surface area contributed by atoms with Crippen molar-refractivity contribution in [3.8, 4) is 0 Å². The van der Waals surface area contributed by atoms with Crippen LogP contribution in [0, 0.1) is 0 Å². The highest BCUT2D eigenvalue weighted by molar-refractivity contribution is 6.39. The van der Waals surface area contributed by atoms with Gasteiger partial charge in [-0.15, -0.1) is 0 Å². The second-order valence-electron chi connectivity index (χ2n) is 7.20. The molecule has 1 atom stereocenters. The molecule has 0 spiro atoms. The van der Waals surface area contributed by atoms with Crippen molar-refractivity contribution in [1.29, 1.82) is 0 Å². The van der Waals surface area contributed by atoms with Crippen molar-refractivity contribution < 1.29 is 29.0 Å². The van der Waals surface area contributed by atoms with Crippen molar-refractivity contribution in [2.24, 2.45) is 0 Å². The van der Waals surface area contributed by atoms with Crippen molar-refractivity contribution in [2.45, 2.75) is 19.0 Å². The lowest BCUT2D eigenvalue weighted by Crippen LogP contribution is -2.44. The fourth-order valence-electron chi connectivity index (χ4n) is 2.79. The number of carbonyl (C=O) groups is 4. The van der Waals surface area contributed by atoms with Crippen LogP contribution in [0.3, 0.4) is 0 Å². The number of rotatable bonds is 10. The maximum absolute atomic E-state index is 12.5. The lowest BCUT2D eigenvalue weighted by molar-refractivity contribution is -0.139. The third-order valence-electron chi connectivity index (χ3n) is 4.30. The second kappa shape index (κ2) is 11.6. The smallest absolute Gasteiger partial charge is 0.341 e. The molecule has 1 unspecified atom stereocenters. The van der Waals surface area contributed by atoms with E-state index in [1.165, 1.54) is 18.2 Å². The van der Waals surface area contributed by atoms with E-state index in [2.05, 4.69) is 5.32 Å². The highest BCUT2D eigenvalue weighted by atomic mass is 35.5. The van der Waals surface area contributed by atoms with Gasteiger partial charge in [-0.25, -0.2) is 4.79 Å². The summed E-state index contributed by atoms with van der Waals surface area (Å²) in [4.78, 5) is 50.4. The number of aliphatic carboxylic acids is 1. The third-order valence-corrected chi connectivity index (χ3v) is 4.93. The van der Waals surface area contributed by atoms with Crippen molar-refractivity contribution in [3.63, 3.8) is 0 Å². The molecule has 0 heterocycles. The summed E-state index contributed by atoms with van der Waals surface area (Å²) in [6, 6.07) is 9.70. The number of amides is 1. The summed E-state index contributed by atoms with van der Waals surface area (Å²) in [7, 11) is 3.82. The maximum atomic E-state index is 12.5. The molecule has 0 saturated heterocycles. The molecule has 2 aromatic rings. The zero-order valence-electron chi connectivity index (χ0n) is 17.4. The molecule has 2 N–H and O–H groups in total. The molecule has 0 fully saturated rings. The third kappa shape index (κ3) is 7.33. The average molecular weight is 481 g/mol. The Morgan fingerprint density at radius 2 is 1.62 bits per heavy atom. The molecule has 0 aliphatic carbocycles. The van der Waals surface area contributed by atoms with Gasteiger partial charge in [-0.2, -0.15) is 0 Å². The zero-order chi connectivity index (χ0) is 23.8. The maximum Gasteiger partial charge on any atom is 0.341 e. The van der Waals surface area contributed by atoms with Crippen LogP contribution in [0.1, 0.15) is 32.7 Å². The van der Waals surface area contributed by atoms with Crippen LogP contribution in [0.4, 0.5) is 0 Å². The average Bonchev–Trinajstić information content (AvgIpc) is 2.71. The number of nitrogens with zero attached hydrogens (tertiary/aromatic N) is 1. The number of hydrogen-bond donors (Lipinski definition) is 2. The fourth-order valence-corrected chi connectivity index (χ4v) is 3.34. The lowest BCUT2D eigenvalue weighted by Gasteiger charge is -2.17. The highest BCUT2D eigenvalue weighted by Gasteiger charge is 2.26. The van der Waals surface area contributed by atoms with E-state index in [1.807, 2.05) is 19.0 Å². The van der Waals surface area contributed by atoms with E-state index in [0.717, 1.165) is 5.56 Å². The first-order valence-electron chi connectivity index (χ1n) is 9.48. The zero-order valence-corrected chi connectivity index (χ0v) is 18.9. The van der Waals surface area contributed by atoms with Gasteiger partial charge in [0, 0.05) is 12.1 Å². The number of carboxylic acid groups (broad SMARTS) is 1. The van der Waals surface area contributed by atoms with E-state index in [0.29, 0.717) is 6.54 Å². The predicted molar refractivity (Wildman–Crippen MR) is 119 cm³/mol. The number of halogens is 2. The van der Waals surface area contributed by atoms with Crippen molar-refractivity contribution in [1.82, 2.24) is 10.2 Å². The minimum Gasteiger partial charge on any atom is -0.481 e. The minimum atomic E-state index is -1.39. The van der Waals surface area contributed by atoms with Gasteiger partial charge < -0.3 is 20.1 Å². The van der Waals surface area contributed by atoms with Crippen LogP contribution in [0.25, 0.3) is 0 Å². The first-order valence-corrected chi connectivity index (χ1v) is 10.2. The van der Waals surface area contributed by atoms with Gasteiger partial charge in [-0.05, 0) is 43.9 Å². The molecule has 2 rings (SSSR count). The summed E-state index contributed by atoms with van der Waals surface area (Å²) in [5.41, 5.74) is 1.13. The molecular formula is C22H22Cl2N2O6. The van der Waals surface area contributed by atoms with E-state index < -0.39 is 42.7 Å². The lowest BCUT2D eigenvalue weighted by atomic mass is 10.1. The van der Waals surface area contributed by atoms with Crippen molar-refractivity contribution in [2.75, 3.05) is 20.7 Å². The van der Waals surface area contributed by atoms with Gasteiger partial charge in [0.15, 0.2) is 12.4 Å². The molecular weight excluding hydrogens is 459 g/mol. The quantitative estimate of drug-likeness (QED) is 0.502. The van der Waals surface area contributed by atoms with Crippen LogP contribution < -0.4 is 5.32 Å². The highest BCUT2D eigenvalue weighted by Crippen LogP contribution is 2.25. The summed E-state index contributed by atoms with van der Waals surface area (Å²) < 4.78 is 4.95. The molecule has 8 nitrogen and oxygen atoms in total. The van der Waals surface area contributed by atoms with Gasteiger partial charge in [-0.1, -0.05) is 41.4 Å². The van der Waals surface area contributed by atoms with E-state index >= 15 is 0 Å². The number of hydrogen-bond acceptors (Lipinski definition) is 6. The van der Waals surface area contributed by atoms with Gasteiger partial charge in [0.2, 0.25) is 0 Å². The number of ether oxygens (including phenoxy) is 1.